The predicted octanol–water partition coefficient (Wildman–Crippen LogP) is 4.39. The third-order valence-corrected chi connectivity index (χ3v) is 4.59. The van der Waals surface area contributed by atoms with Gasteiger partial charge in [-0.15, -0.1) is 0 Å². The summed E-state index contributed by atoms with van der Waals surface area (Å²) in [4.78, 5) is 29.6. The Labute approximate surface area is 167 Å². The summed E-state index contributed by atoms with van der Waals surface area (Å²) in [6.45, 7) is 1.67. The van der Waals surface area contributed by atoms with Gasteiger partial charge in [0.2, 0.25) is 5.91 Å². The summed E-state index contributed by atoms with van der Waals surface area (Å²) in [5.41, 5.74) is 0.976. The number of nitrogens with one attached hydrogen (secondary N) is 1. The molecule has 0 bridgehead atoms. The molecule has 1 amide bonds. The van der Waals surface area contributed by atoms with E-state index in [0.29, 0.717) is 22.3 Å². The summed E-state index contributed by atoms with van der Waals surface area (Å²) in [5.74, 6) is 1.10. The molecule has 4 rings (SSSR count). The molecule has 6 heteroatoms. The van der Waals surface area contributed by atoms with Crippen molar-refractivity contribution >= 4 is 22.5 Å². The van der Waals surface area contributed by atoms with Gasteiger partial charge < -0.3 is 10.1 Å². The average Bonchev–Trinajstić information content (AvgIpc) is 2.76. The van der Waals surface area contributed by atoms with E-state index >= 15 is 0 Å². The van der Waals surface area contributed by atoms with Gasteiger partial charge in [0.15, 0.2) is 0 Å². The number of rotatable bonds is 5. The quantitative estimate of drug-likeness (QED) is 0.553. The minimum absolute atomic E-state index is 0.246. The normalized spacial score (nSPS) is 11.8. The van der Waals surface area contributed by atoms with Gasteiger partial charge in [0.25, 0.3) is 5.56 Å². The van der Waals surface area contributed by atoms with Crippen molar-refractivity contribution in [2.75, 3.05) is 5.32 Å². The van der Waals surface area contributed by atoms with Crippen LogP contribution in [0, 0.1) is 0 Å². The van der Waals surface area contributed by atoms with Crippen LogP contribution >= 0.6 is 0 Å². The molecule has 0 aliphatic carbocycles. The Hall–Kier alpha value is -3.93. The van der Waals surface area contributed by atoms with Crippen molar-refractivity contribution in [2.45, 2.75) is 13.0 Å². The first-order valence-corrected chi connectivity index (χ1v) is 9.21. The summed E-state index contributed by atoms with van der Waals surface area (Å²) in [6.07, 6.45) is 1.41. The maximum Gasteiger partial charge on any atom is 0.261 e. The molecule has 1 atom stereocenters. The molecule has 0 saturated carbocycles. The first-order chi connectivity index (χ1) is 14.1. The smallest absolute Gasteiger partial charge is 0.261 e. The van der Waals surface area contributed by atoms with E-state index in [2.05, 4.69) is 10.3 Å². The van der Waals surface area contributed by atoms with Gasteiger partial charge in [-0.05, 0) is 55.5 Å². The lowest BCUT2D eigenvalue weighted by Crippen LogP contribution is -2.31. The van der Waals surface area contributed by atoms with Crippen molar-refractivity contribution in [2.24, 2.45) is 0 Å². The third kappa shape index (κ3) is 4.01. The van der Waals surface area contributed by atoms with Crippen LogP contribution in [0.5, 0.6) is 11.5 Å². The lowest BCUT2D eigenvalue weighted by atomic mass is 10.2. The number of hydrogen-bond acceptors (Lipinski definition) is 4. The molecule has 0 saturated heterocycles. The molecule has 1 heterocycles. The fraction of sp³-hybridized carbons (Fsp3) is 0.0870. The van der Waals surface area contributed by atoms with Crippen LogP contribution in [0.3, 0.4) is 0 Å². The van der Waals surface area contributed by atoms with Crippen molar-refractivity contribution in [3.05, 3.63) is 95.5 Å². The molecular formula is C23H19N3O3. The van der Waals surface area contributed by atoms with E-state index in [1.54, 1.807) is 49.4 Å². The fourth-order valence-corrected chi connectivity index (χ4v) is 2.96. The number of hydrogen-bond donors (Lipinski definition) is 1. The number of carbonyl (C=O) groups is 1. The predicted molar refractivity (Wildman–Crippen MR) is 112 cm³/mol. The van der Waals surface area contributed by atoms with Crippen LogP contribution in [0.2, 0.25) is 0 Å². The molecule has 29 heavy (non-hydrogen) atoms. The summed E-state index contributed by atoms with van der Waals surface area (Å²) < 4.78 is 7.08. The third-order valence-electron chi connectivity index (χ3n) is 4.59. The van der Waals surface area contributed by atoms with Crippen LogP contribution in [-0.4, -0.2) is 15.5 Å². The van der Waals surface area contributed by atoms with Crippen molar-refractivity contribution < 1.29 is 9.53 Å². The Kier molecular flexibility index (Phi) is 5.07. The second-order valence-electron chi connectivity index (χ2n) is 6.58. The number of nitrogens with zero attached hydrogens (tertiary/aromatic N) is 2. The number of fused-ring (bicyclic) bond motifs is 1. The molecule has 6 nitrogen and oxygen atoms in total. The van der Waals surface area contributed by atoms with Crippen molar-refractivity contribution in [3.8, 4) is 11.5 Å². The largest absolute Gasteiger partial charge is 0.457 e. The van der Waals surface area contributed by atoms with Gasteiger partial charge in [-0.25, -0.2) is 4.98 Å². The molecule has 0 unspecified atom stereocenters. The summed E-state index contributed by atoms with van der Waals surface area (Å²) >= 11 is 0. The number of aromatic nitrogens is 2. The number of amides is 1. The van der Waals surface area contributed by atoms with Gasteiger partial charge in [0.05, 0.1) is 17.2 Å². The highest BCUT2D eigenvalue weighted by Gasteiger charge is 2.17. The van der Waals surface area contributed by atoms with Gasteiger partial charge in [0, 0.05) is 5.69 Å². The van der Waals surface area contributed by atoms with E-state index in [1.165, 1.54) is 10.9 Å². The van der Waals surface area contributed by atoms with E-state index in [9.17, 15) is 9.59 Å². The van der Waals surface area contributed by atoms with E-state index in [4.69, 9.17) is 4.74 Å². The van der Waals surface area contributed by atoms with E-state index in [1.807, 2.05) is 36.4 Å². The van der Waals surface area contributed by atoms with E-state index in [0.717, 1.165) is 5.75 Å². The standard InChI is InChI=1S/C23H19N3O3/c1-16(26-15-24-21-10-6-5-9-20(21)23(26)28)22(27)25-17-11-13-19(14-12-17)29-18-7-3-2-4-8-18/h2-16H,1H3,(H,25,27)/t16-/m0/s1. The van der Waals surface area contributed by atoms with Gasteiger partial charge in [0.1, 0.15) is 17.5 Å². The minimum Gasteiger partial charge on any atom is -0.457 e. The van der Waals surface area contributed by atoms with Crippen molar-refractivity contribution in [1.29, 1.82) is 0 Å². The van der Waals surface area contributed by atoms with E-state index in [-0.39, 0.29) is 11.5 Å². The molecule has 4 aromatic rings. The highest BCUT2D eigenvalue weighted by molar-refractivity contribution is 5.93. The lowest BCUT2D eigenvalue weighted by Gasteiger charge is -2.15. The van der Waals surface area contributed by atoms with Gasteiger partial charge in [-0.3, -0.25) is 14.2 Å². The Bertz CT molecular complexity index is 1200. The fourth-order valence-electron chi connectivity index (χ4n) is 2.96. The minimum atomic E-state index is -0.708. The molecule has 1 aromatic heterocycles. The summed E-state index contributed by atoms with van der Waals surface area (Å²) in [5, 5.41) is 3.31. The first kappa shape index (κ1) is 18.4. The van der Waals surface area contributed by atoms with Crippen LogP contribution < -0.4 is 15.6 Å². The van der Waals surface area contributed by atoms with Crippen LogP contribution in [0.15, 0.2) is 90.0 Å². The lowest BCUT2D eigenvalue weighted by molar-refractivity contribution is -0.118. The highest BCUT2D eigenvalue weighted by Crippen LogP contribution is 2.23. The van der Waals surface area contributed by atoms with Crippen molar-refractivity contribution in [1.82, 2.24) is 9.55 Å². The summed E-state index contributed by atoms with van der Waals surface area (Å²) in [6, 6.07) is 22.9. The zero-order valence-corrected chi connectivity index (χ0v) is 15.8. The Morgan fingerprint density at radius 2 is 1.59 bits per heavy atom. The Balaban J connectivity index is 1.48. The molecule has 0 fully saturated rings. The Morgan fingerprint density at radius 3 is 2.34 bits per heavy atom. The molecule has 1 N–H and O–H groups in total. The van der Waals surface area contributed by atoms with Crippen LogP contribution in [-0.2, 0) is 4.79 Å². The molecule has 0 radical (unpaired) electrons. The molecule has 3 aromatic carbocycles. The van der Waals surface area contributed by atoms with Crippen LogP contribution in [0.4, 0.5) is 5.69 Å². The maximum atomic E-state index is 12.7. The zero-order chi connectivity index (χ0) is 20.2. The van der Waals surface area contributed by atoms with Crippen LogP contribution in [0.1, 0.15) is 13.0 Å². The van der Waals surface area contributed by atoms with Crippen molar-refractivity contribution in [3.63, 3.8) is 0 Å². The molecule has 0 spiro atoms. The maximum absolute atomic E-state index is 12.7. The number of ether oxygens (including phenoxy) is 1. The van der Waals surface area contributed by atoms with Crippen LogP contribution in [0.25, 0.3) is 10.9 Å². The topological polar surface area (TPSA) is 73.2 Å². The zero-order valence-electron chi connectivity index (χ0n) is 15.8. The molecule has 0 aliphatic rings. The number of para-hydroxylation sites is 2. The number of carbonyl (C=O) groups excluding carboxylic acids is 1. The SMILES string of the molecule is C[C@@H](C(=O)Nc1ccc(Oc2ccccc2)cc1)n1cnc2ccccc2c1=O. The monoisotopic (exact) mass is 385 g/mol. The van der Waals surface area contributed by atoms with Gasteiger partial charge >= 0.3 is 0 Å². The van der Waals surface area contributed by atoms with Gasteiger partial charge in [-0.1, -0.05) is 30.3 Å². The average molecular weight is 385 g/mol. The summed E-state index contributed by atoms with van der Waals surface area (Å²) in [7, 11) is 0. The van der Waals surface area contributed by atoms with E-state index < -0.39 is 6.04 Å². The molecular weight excluding hydrogens is 366 g/mol. The second kappa shape index (κ2) is 7.98. The number of anilines is 1. The molecule has 144 valence electrons. The first-order valence-electron chi connectivity index (χ1n) is 9.21. The highest BCUT2D eigenvalue weighted by atomic mass is 16.5. The Morgan fingerprint density at radius 1 is 0.931 bits per heavy atom. The second-order valence-corrected chi connectivity index (χ2v) is 6.58. The van der Waals surface area contributed by atoms with Gasteiger partial charge in [-0.2, -0.15) is 0 Å². The number of benzene rings is 3. The molecule has 0 aliphatic heterocycles.